The zero-order valence-corrected chi connectivity index (χ0v) is 10.2. The normalized spacial score (nSPS) is 24.9. The van der Waals surface area contributed by atoms with Crippen LogP contribution < -0.4 is 5.32 Å². The van der Waals surface area contributed by atoms with Gasteiger partial charge in [-0.2, -0.15) is 11.8 Å². The quantitative estimate of drug-likeness (QED) is 0.736. The molecule has 0 aromatic rings. The van der Waals surface area contributed by atoms with Gasteiger partial charge in [0.2, 0.25) is 0 Å². The van der Waals surface area contributed by atoms with Crippen LogP contribution in [-0.4, -0.2) is 37.8 Å². The third-order valence-electron chi connectivity index (χ3n) is 2.59. The summed E-state index contributed by atoms with van der Waals surface area (Å²) in [5.74, 6) is 1.99. The smallest absolute Gasteiger partial charge is 0.0499 e. The minimum atomic E-state index is 0.633. The molecule has 0 spiro atoms. The van der Waals surface area contributed by atoms with Crippen LogP contribution in [0.4, 0.5) is 0 Å². The van der Waals surface area contributed by atoms with Crippen molar-refractivity contribution in [3.63, 3.8) is 0 Å². The van der Waals surface area contributed by atoms with Gasteiger partial charge in [-0.1, -0.05) is 13.3 Å². The van der Waals surface area contributed by atoms with Crippen LogP contribution in [0.15, 0.2) is 0 Å². The van der Waals surface area contributed by atoms with Crippen LogP contribution in [0.1, 0.15) is 26.2 Å². The predicted octanol–water partition coefficient (Wildman–Crippen LogP) is 2.14. The monoisotopic (exact) mass is 217 g/mol. The second kappa shape index (κ2) is 7.55. The maximum Gasteiger partial charge on any atom is 0.0499 e. The minimum Gasteiger partial charge on any atom is -0.384 e. The largest absolute Gasteiger partial charge is 0.384 e. The van der Waals surface area contributed by atoms with E-state index in [4.69, 9.17) is 4.74 Å². The lowest BCUT2D eigenvalue weighted by molar-refractivity contribution is 0.158. The van der Waals surface area contributed by atoms with Gasteiger partial charge in [-0.15, -0.1) is 0 Å². The Kier molecular flexibility index (Phi) is 6.65. The van der Waals surface area contributed by atoms with Crippen LogP contribution in [0.3, 0.4) is 0 Å². The Morgan fingerprint density at radius 2 is 2.36 bits per heavy atom. The van der Waals surface area contributed by atoms with E-state index in [1.54, 1.807) is 7.11 Å². The summed E-state index contributed by atoms with van der Waals surface area (Å²) in [6.45, 7) is 5.36. The Bertz CT molecular complexity index is 137. The summed E-state index contributed by atoms with van der Waals surface area (Å²) in [6, 6.07) is 0. The van der Waals surface area contributed by atoms with Gasteiger partial charge in [-0.05, 0) is 31.1 Å². The lowest BCUT2D eigenvalue weighted by Crippen LogP contribution is -2.31. The van der Waals surface area contributed by atoms with E-state index < -0.39 is 0 Å². The van der Waals surface area contributed by atoms with Crippen molar-refractivity contribution in [2.75, 3.05) is 32.6 Å². The van der Waals surface area contributed by atoms with Crippen LogP contribution in [0.25, 0.3) is 0 Å². The van der Waals surface area contributed by atoms with Gasteiger partial charge < -0.3 is 10.1 Å². The molecule has 1 N–H and O–H groups in total. The number of ether oxygens (including phenoxy) is 1. The average molecular weight is 217 g/mol. The van der Waals surface area contributed by atoms with Crippen molar-refractivity contribution in [2.45, 2.75) is 31.4 Å². The van der Waals surface area contributed by atoms with Crippen molar-refractivity contribution in [1.29, 1.82) is 0 Å². The summed E-state index contributed by atoms with van der Waals surface area (Å²) < 4.78 is 5.10. The summed E-state index contributed by atoms with van der Waals surface area (Å²) in [4.78, 5) is 0. The van der Waals surface area contributed by atoms with Gasteiger partial charge in [0.05, 0.1) is 0 Å². The summed E-state index contributed by atoms with van der Waals surface area (Å²) >= 11 is 2.13. The zero-order valence-electron chi connectivity index (χ0n) is 9.42. The number of rotatable bonds is 6. The van der Waals surface area contributed by atoms with E-state index in [1.165, 1.54) is 31.6 Å². The molecule has 1 aliphatic rings. The van der Waals surface area contributed by atoms with E-state index in [0.717, 1.165) is 18.4 Å². The Morgan fingerprint density at radius 1 is 1.50 bits per heavy atom. The molecule has 14 heavy (non-hydrogen) atoms. The first-order valence-electron chi connectivity index (χ1n) is 5.64. The molecule has 0 aromatic heterocycles. The van der Waals surface area contributed by atoms with Gasteiger partial charge in [-0.3, -0.25) is 0 Å². The molecule has 2 unspecified atom stereocenters. The summed E-state index contributed by atoms with van der Waals surface area (Å²) in [6.07, 6.45) is 4.24. The average Bonchev–Trinajstić information content (AvgIpc) is 2.20. The molecule has 0 aromatic carbocycles. The van der Waals surface area contributed by atoms with Crippen molar-refractivity contribution in [1.82, 2.24) is 5.32 Å². The van der Waals surface area contributed by atoms with E-state index in [9.17, 15) is 0 Å². The number of methoxy groups -OCH3 is 1. The molecule has 1 heterocycles. The number of hydrogen-bond donors (Lipinski definition) is 1. The standard InChI is InChI=1S/C11H23NOS/c1-10(9-13-2)7-12-8-11-5-3-4-6-14-11/h10-12H,3-9H2,1-2H3. The third-order valence-corrected chi connectivity index (χ3v) is 3.99. The van der Waals surface area contributed by atoms with Crippen molar-refractivity contribution in [3.05, 3.63) is 0 Å². The molecule has 3 heteroatoms. The van der Waals surface area contributed by atoms with E-state index in [2.05, 4.69) is 24.0 Å². The second-order valence-corrected chi connectivity index (χ2v) is 5.62. The van der Waals surface area contributed by atoms with Crippen molar-refractivity contribution in [2.24, 2.45) is 5.92 Å². The van der Waals surface area contributed by atoms with Gasteiger partial charge in [0, 0.05) is 25.5 Å². The van der Waals surface area contributed by atoms with E-state index in [1.807, 2.05) is 0 Å². The Labute approximate surface area is 92.2 Å². The topological polar surface area (TPSA) is 21.3 Å². The van der Waals surface area contributed by atoms with E-state index in [0.29, 0.717) is 5.92 Å². The maximum atomic E-state index is 5.10. The van der Waals surface area contributed by atoms with E-state index in [-0.39, 0.29) is 0 Å². The molecule has 1 saturated heterocycles. The lowest BCUT2D eigenvalue weighted by atomic mass is 10.1. The van der Waals surface area contributed by atoms with Crippen molar-refractivity contribution in [3.8, 4) is 0 Å². The van der Waals surface area contributed by atoms with Crippen LogP contribution >= 0.6 is 11.8 Å². The van der Waals surface area contributed by atoms with E-state index >= 15 is 0 Å². The lowest BCUT2D eigenvalue weighted by Gasteiger charge is -2.22. The van der Waals surface area contributed by atoms with Crippen LogP contribution in [0.2, 0.25) is 0 Å². The van der Waals surface area contributed by atoms with Gasteiger partial charge in [0.15, 0.2) is 0 Å². The highest BCUT2D eigenvalue weighted by Crippen LogP contribution is 2.24. The molecule has 0 bridgehead atoms. The molecule has 1 rings (SSSR count). The molecular weight excluding hydrogens is 194 g/mol. The summed E-state index contributed by atoms with van der Waals surface area (Å²) in [5.41, 5.74) is 0. The van der Waals surface area contributed by atoms with Gasteiger partial charge in [-0.25, -0.2) is 0 Å². The molecule has 0 saturated carbocycles. The Balaban J connectivity index is 1.96. The molecule has 0 aliphatic carbocycles. The molecule has 84 valence electrons. The molecule has 2 atom stereocenters. The first-order valence-corrected chi connectivity index (χ1v) is 6.69. The molecule has 0 amide bonds. The summed E-state index contributed by atoms with van der Waals surface area (Å²) in [5, 5.41) is 4.40. The molecule has 1 aliphatic heterocycles. The predicted molar refractivity (Wildman–Crippen MR) is 64.0 cm³/mol. The Hall–Kier alpha value is 0.270. The fourth-order valence-corrected chi connectivity index (χ4v) is 3.08. The van der Waals surface area contributed by atoms with Crippen LogP contribution in [0.5, 0.6) is 0 Å². The number of thioether (sulfide) groups is 1. The highest BCUT2D eigenvalue weighted by Gasteiger charge is 2.13. The maximum absolute atomic E-state index is 5.10. The van der Waals surface area contributed by atoms with Crippen LogP contribution in [0, 0.1) is 5.92 Å². The minimum absolute atomic E-state index is 0.633. The van der Waals surface area contributed by atoms with Crippen molar-refractivity contribution >= 4 is 11.8 Å². The van der Waals surface area contributed by atoms with Gasteiger partial charge in [0.25, 0.3) is 0 Å². The molecule has 0 radical (unpaired) electrons. The van der Waals surface area contributed by atoms with Crippen molar-refractivity contribution < 1.29 is 4.74 Å². The third kappa shape index (κ3) is 5.23. The first kappa shape index (κ1) is 12.3. The fourth-order valence-electron chi connectivity index (χ4n) is 1.80. The highest BCUT2D eigenvalue weighted by molar-refractivity contribution is 7.99. The Morgan fingerprint density at radius 3 is 3.00 bits per heavy atom. The summed E-state index contributed by atoms with van der Waals surface area (Å²) in [7, 11) is 1.77. The fraction of sp³-hybridized carbons (Fsp3) is 1.00. The molecule has 2 nitrogen and oxygen atoms in total. The second-order valence-electron chi connectivity index (χ2n) is 4.21. The number of hydrogen-bond acceptors (Lipinski definition) is 3. The first-order chi connectivity index (χ1) is 6.83. The number of nitrogens with one attached hydrogen (secondary N) is 1. The highest BCUT2D eigenvalue weighted by atomic mass is 32.2. The SMILES string of the molecule is COCC(C)CNCC1CCCCS1. The molecular formula is C11H23NOS. The van der Waals surface area contributed by atoms with Gasteiger partial charge in [0.1, 0.15) is 0 Å². The molecule has 1 fully saturated rings. The van der Waals surface area contributed by atoms with Gasteiger partial charge >= 0.3 is 0 Å². The zero-order chi connectivity index (χ0) is 10.2. The van der Waals surface area contributed by atoms with Crippen LogP contribution in [-0.2, 0) is 4.74 Å².